The summed E-state index contributed by atoms with van der Waals surface area (Å²) in [6, 6.07) is 6.22. The van der Waals surface area contributed by atoms with Crippen molar-refractivity contribution in [2.75, 3.05) is 0 Å². The van der Waals surface area contributed by atoms with Crippen LogP contribution in [0.25, 0.3) is 0 Å². The number of aromatic carboxylic acids is 1. The maximum absolute atomic E-state index is 11.9. The first-order valence-corrected chi connectivity index (χ1v) is 8.86. The van der Waals surface area contributed by atoms with Crippen LogP contribution in [0.3, 0.4) is 0 Å². The predicted octanol–water partition coefficient (Wildman–Crippen LogP) is 2.75. The van der Waals surface area contributed by atoms with Crippen LogP contribution in [0.4, 0.5) is 0 Å². The van der Waals surface area contributed by atoms with E-state index in [0.29, 0.717) is 0 Å². The summed E-state index contributed by atoms with van der Waals surface area (Å²) in [7, 11) is -3.67. The Kier molecular flexibility index (Phi) is 4.41. The van der Waals surface area contributed by atoms with Crippen LogP contribution in [0.15, 0.2) is 32.3 Å². The predicted molar refractivity (Wildman–Crippen MR) is 77.3 cm³/mol. The molecular formula is C10H8BrNO4S3. The second kappa shape index (κ2) is 5.71. The highest BCUT2D eigenvalue weighted by atomic mass is 79.9. The zero-order valence-corrected chi connectivity index (χ0v) is 13.3. The summed E-state index contributed by atoms with van der Waals surface area (Å²) < 4.78 is 27.3. The Balaban J connectivity index is 2.11. The molecule has 5 nitrogen and oxygen atoms in total. The molecule has 0 aliphatic rings. The molecule has 19 heavy (non-hydrogen) atoms. The average Bonchev–Trinajstić information content (AvgIpc) is 2.95. The smallest absolute Gasteiger partial charge is 0.345 e. The Morgan fingerprint density at radius 1 is 1.26 bits per heavy atom. The van der Waals surface area contributed by atoms with E-state index in [1.54, 1.807) is 0 Å². The largest absolute Gasteiger partial charge is 0.477 e. The van der Waals surface area contributed by atoms with Gasteiger partial charge in [-0.3, -0.25) is 0 Å². The molecule has 2 aromatic heterocycles. The van der Waals surface area contributed by atoms with Gasteiger partial charge in [-0.25, -0.2) is 17.9 Å². The molecule has 0 saturated heterocycles. The van der Waals surface area contributed by atoms with E-state index in [1.165, 1.54) is 23.5 Å². The van der Waals surface area contributed by atoms with Crippen LogP contribution in [-0.4, -0.2) is 19.5 Å². The molecule has 0 fully saturated rings. The molecule has 2 rings (SSSR count). The Morgan fingerprint density at radius 2 is 2.00 bits per heavy atom. The molecule has 0 aliphatic carbocycles. The summed E-state index contributed by atoms with van der Waals surface area (Å²) in [5, 5.41) is 8.77. The number of rotatable bonds is 5. The molecule has 0 radical (unpaired) electrons. The minimum absolute atomic E-state index is 0.000483. The van der Waals surface area contributed by atoms with E-state index in [0.717, 1.165) is 20.0 Å². The van der Waals surface area contributed by atoms with Gasteiger partial charge in [0.15, 0.2) is 0 Å². The summed E-state index contributed by atoms with van der Waals surface area (Å²) in [5.41, 5.74) is 0. The van der Waals surface area contributed by atoms with Crippen molar-refractivity contribution in [3.05, 3.63) is 37.8 Å². The maximum atomic E-state index is 11.9. The van der Waals surface area contributed by atoms with Crippen molar-refractivity contribution in [2.24, 2.45) is 0 Å². The fourth-order valence-electron chi connectivity index (χ4n) is 1.26. The molecule has 0 bridgehead atoms. The Hall–Kier alpha value is -0.740. The molecular weight excluding hydrogens is 374 g/mol. The number of hydrogen-bond acceptors (Lipinski definition) is 5. The van der Waals surface area contributed by atoms with Crippen molar-refractivity contribution in [2.45, 2.75) is 10.8 Å². The zero-order chi connectivity index (χ0) is 14.0. The van der Waals surface area contributed by atoms with Gasteiger partial charge in [-0.1, -0.05) is 0 Å². The molecule has 0 aromatic carbocycles. The quantitative estimate of drug-likeness (QED) is 0.833. The van der Waals surface area contributed by atoms with Crippen molar-refractivity contribution in [1.82, 2.24) is 4.72 Å². The first kappa shape index (κ1) is 14.7. The molecule has 0 amide bonds. The van der Waals surface area contributed by atoms with Gasteiger partial charge < -0.3 is 5.11 Å². The summed E-state index contributed by atoms with van der Waals surface area (Å²) in [6.07, 6.45) is 0. The van der Waals surface area contributed by atoms with Gasteiger partial charge in [-0.05, 0) is 40.2 Å². The van der Waals surface area contributed by atoms with Crippen molar-refractivity contribution in [1.29, 1.82) is 0 Å². The van der Waals surface area contributed by atoms with Gasteiger partial charge in [-0.2, -0.15) is 0 Å². The fourth-order valence-corrected chi connectivity index (χ4v) is 4.97. The monoisotopic (exact) mass is 381 g/mol. The summed E-state index contributed by atoms with van der Waals surface area (Å²) in [6.45, 7) is 0.179. The van der Waals surface area contributed by atoms with Gasteiger partial charge >= 0.3 is 5.97 Å². The standard InChI is InChI=1S/C10H8BrNO4S3/c11-8-3-1-6(17-8)5-12-19(15,16)9-4-2-7(18-9)10(13)14/h1-4,12H,5H2,(H,13,14). The second-order valence-electron chi connectivity index (χ2n) is 3.45. The van der Waals surface area contributed by atoms with Crippen molar-refractivity contribution >= 4 is 54.6 Å². The summed E-state index contributed by atoms with van der Waals surface area (Å²) >= 11 is 5.46. The highest BCUT2D eigenvalue weighted by Gasteiger charge is 2.18. The minimum Gasteiger partial charge on any atom is -0.477 e. The average molecular weight is 382 g/mol. The van der Waals surface area contributed by atoms with E-state index in [2.05, 4.69) is 20.7 Å². The number of carbonyl (C=O) groups is 1. The maximum Gasteiger partial charge on any atom is 0.345 e. The van der Waals surface area contributed by atoms with E-state index in [-0.39, 0.29) is 15.6 Å². The lowest BCUT2D eigenvalue weighted by molar-refractivity contribution is 0.0702. The molecule has 0 unspecified atom stereocenters. The molecule has 9 heteroatoms. The van der Waals surface area contributed by atoms with Gasteiger partial charge in [0.05, 0.1) is 3.79 Å². The lowest BCUT2D eigenvalue weighted by Crippen LogP contribution is -2.21. The fraction of sp³-hybridized carbons (Fsp3) is 0.100. The van der Waals surface area contributed by atoms with Crippen LogP contribution in [0.2, 0.25) is 0 Å². The van der Waals surface area contributed by atoms with Crippen LogP contribution in [0, 0.1) is 0 Å². The third-order valence-corrected chi connectivity index (χ3v) is 6.71. The zero-order valence-electron chi connectivity index (χ0n) is 9.29. The number of carboxylic acids is 1. The molecule has 0 spiro atoms. The van der Waals surface area contributed by atoms with Crippen LogP contribution in [0.5, 0.6) is 0 Å². The third kappa shape index (κ3) is 3.63. The van der Waals surface area contributed by atoms with Crippen molar-refractivity contribution in [3.63, 3.8) is 0 Å². The topological polar surface area (TPSA) is 83.5 Å². The van der Waals surface area contributed by atoms with E-state index in [9.17, 15) is 13.2 Å². The third-order valence-electron chi connectivity index (χ3n) is 2.12. The molecule has 2 aromatic rings. The van der Waals surface area contributed by atoms with E-state index in [4.69, 9.17) is 5.11 Å². The lowest BCUT2D eigenvalue weighted by atomic mass is 10.5. The number of nitrogens with one attached hydrogen (secondary N) is 1. The lowest BCUT2D eigenvalue weighted by Gasteiger charge is -2.02. The van der Waals surface area contributed by atoms with Gasteiger partial charge in [-0.15, -0.1) is 22.7 Å². The van der Waals surface area contributed by atoms with E-state index < -0.39 is 16.0 Å². The molecule has 0 atom stereocenters. The SMILES string of the molecule is O=C(O)c1ccc(S(=O)(=O)NCc2ccc(Br)s2)s1. The van der Waals surface area contributed by atoms with Crippen molar-refractivity contribution < 1.29 is 18.3 Å². The number of thiophene rings is 2. The first-order chi connectivity index (χ1) is 8.88. The first-order valence-electron chi connectivity index (χ1n) is 4.95. The molecule has 2 N–H and O–H groups in total. The molecule has 102 valence electrons. The number of sulfonamides is 1. The highest BCUT2D eigenvalue weighted by Crippen LogP contribution is 2.24. The normalized spacial score (nSPS) is 11.6. The Bertz CT molecular complexity index is 704. The van der Waals surface area contributed by atoms with Crippen molar-refractivity contribution in [3.8, 4) is 0 Å². The van der Waals surface area contributed by atoms with Crippen LogP contribution < -0.4 is 4.72 Å². The second-order valence-corrected chi connectivity index (χ2v) is 9.08. The van der Waals surface area contributed by atoms with Crippen LogP contribution >= 0.6 is 38.6 Å². The van der Waals surface area contributed by atoms with Crippen LogP contribution in [0.1, 0.15) is 14.5 Å². The van der Waals surface area contributed by atoms with E-state index in [1.807, 2.05) is 12.1 Å². The van der Waals surface area contributed by atoms with E-state index >= 15 is 0 Å². The summed E-state index contributed by atoms with van der Waals surface area (Å²) in [5.74, 6) is -1.13. The van der Waals surface area contributed by atoms with Gasteiger partial charge in [0.25, 0.3) is 0 Å². The highest BCUT2D eigenvalue weighted by molar-refractivity contribution is 9.11. The molecule has 0 aliphatic heterocycles. The molecule has 2 heterocycles. The number of hydrogen-bond donors (Lipinski definition) is 2. The molecule has 0 saturated carbocycles. The Morgan fingerprint density at radius 3 is 2.53 bits per heavy atom. The number of carboxylic acid groups (broad SMARTS) is 1. The van der Waals surface area contributed by atoms with Gasteiger partial charge in [0.2, 0.25) is 10.0 Å². The summed E-state index contributed by atoms with van der Waals surface area (Å²) in [4.78, 5) is 11.6. The van der Waals surface area contributed by atoms with Crippen LogP contribution in [-0.2, 0) is 16.6 Å². The number of halogens is 1. The van der Waals surface area contributed by atoms with Gasteiger partial charge in [0.1, 0.15) is 9.09 Å². The Labute approximate surface area is 126 Å². The van der Waals surface area contributed by atoms with Gasteiger partial charge in [0, 0.05) is 11.4 Å². The minimum atomic E-state index is -3.67.